The van der Waals surface area contributed by atoms with E-state index in [0.29, 0.717) is 15.8 Å². The van der Waals surface area contributed by atoms with Crippen LogP contribution >= 0.6 is 23.2 Å². The van der Waals surface area contributed by atoms with Crippen molar-refractivity contribution in [3.05, 3.63) is 63.4 Å². The first kappa shape index (κ1) is 18.5. The Labute approximate surface area is 157 Å². The minimum atomic E-state index is -0.284. The van der Waals surface area contributed by atoms with Gasteiger partial charge in [-0.05, 0) is 48.9 Å². The van der Waals surface area contributed by atoms with Gasteiger partial charge in [0.1, 0.15) is 11.6 Å². The molecule has 1 aliphatic heterocycles. The van der Waals surface area contributed by atoms with Crippen LogP contribution in [0.15, 0.2) is 36.4 Å². The zero-order valence-electron chi connectivity index (χ0n) is 14.1. The van der Waals surface area contributed by atoms with Crippen LogP contribution in [0.2, 0.25) is 10.0 Å². The summed E-state index contributed by atoms with van der Waals surface area (Å²) < 4.78 is 19.5. The number of benzene rings is 2. The number of nitrogens with zero attached hydrogens (tertiary/aromatic N) is 1. The van der Waals surface area contributed by atoms with Crippen molar-refractivity contribution in [2.75, 3.05) is 33.3 Å². The van der Waals surface area contributed by atoms with E-state index in [2.05, 4.69) is 10.2 Å². The van der Waals surface area contributed by atoms with E-state index in [4.69, 9.17) is 27.9 Å². The van der Waals surface area contributed by atoms with Crippen LogP contribution < -0.4 is 10.1 Å². The molecule has 0 radical (unpaired) electrons. The van der Waals surface area contributed by atoms with E-state index in [0.717, 1.165) is 43.7 Å². The Hall–Kier alpha value is -1.33. The van der Waals surface area contributed by atoms with Crippen molar-refractivity contribution in [1.82, 2.24) is 10.2 Å². The van der Waals surface area contributed by atoms with E-state index >= 15 is 0 Å². The molecule has 0 bridgehead atoms. The first-order valence-corrected chi connectivity index (χ1v) is 9.09. The lowest BCUT2D eigenvalue weighted by atomic mass is 9.95. The summed E-state index contributed by atoms with van der Waals surface area (Å²) in [7, 11) is 1.60. The molecule has 25 heavy (non-hydrogen) atoms. The maximum atomic E-state index is 14.0. The third-order valence-corrected chi connectivity index (χ3v) is 5.22. The van der Waals surface area contributed by atoms with E-state index in [-0.39, 0.29) is 11.9 Å². The summed E-state index contributed by atoms with van der Waals surface area (Å²) in [5.41, 5.74) is 1.77. The number of methoxy groups -OCH3 is 1. The zero-order chi connectivity index (χ0) is 17.8. The van der Waals surface area contributed by atoms with Gasteiger partial charge in [-0.2, -0.15) is 0 Å². The second-order valence-electron chi connectivity index (χ2n) is 6.10. The molecule has 0 aromatic heterocycles. The molecule has 1 fully saturated rings. The van der Waals surface area contributed by atoms with Crippen molar-refractivity contribution in [1.29, 1.82) is 0 Å². The fraction of sp³-hybridized carbons (Fsp3) is 0.368. The van der Waals surface area contributed by atoms with Gasteiger partial charge in [-0.1, -0.05) is 29.3 Å². The van der Waals surface area contributed by atoms with Crippen molar-refractivity contribution in [2.24, 2.45) is 0 Å². The van der Waals surface area contributed by atoms with E-state index < -0.39 is 0 Å². The Bertz CT molecular complexity index is 733. The zero-order valence-corrected chi connectivity index (χ0v) is 15.6. The average Bonchev–Trinajstić information content (AvgIpc) is 2.88. The van der Waals surface area contributed by atoms with Gasteiger partial charge in [0.25, 0.3) is 0 Å². The van der Waals surface area contributed by atoms with Gasteiger partial charge in [-0.25, -0.2) is 4.39 Å². The maximum Gasteiger partial charge on any atom is 0.124 e. The van der Waals surface area contributed by atoms with Gasteiger partial charge < -0.3 is 10.1 Å². The third kappa shape index (κ3) is 4.26. The summed E-state index contributed by atoms with van der Waals surface area (Å²) in [5, 5.41) is 4.40. The molecule has 1 heterocycles. The largest absolute Gasteiger partial charge is 0.496 e. The van der Waals surface area contributed by atoms with E-state index in [9.17, 15) is 4.39 Å². The van der Waals surface area contributed by atoms with Gasteiger partial charge in [-0.15, -0.1) is 0 Å². The molecule has 2 aromatic rings. The molecule has 0 spiro atoms. The van der Waals surface area contributed by atoms with Crippen LogP contribution in [0, 0.1) is 5.82 Å². The molecule has 1 saturated heterocycles. The van der Waals surface area contributed by atoms with Crippen LogP contribution in [0.4, 0.5) is 4.39 Å². The highest BCUT2D eigenvalue weighted by Crippen LogP contribution is 2.37. The third-order valence-electron chi connectivity index (χ3n) is 4.49. The number of ether oxygens (including phenoxy) is 1. The highest BCUT2D eigenvalue weighted by atomic mass is 35.5. The molecule has 0 aliphatic carbocycles. The van der Waals surface area contributed by atoms with Crippen LogP contribution in [0.3, 0.4) is 0 Å². The molecule has 1 atom stereocenters. The van der Waals surface area contributed by atoms with Crippen molar-refractivity contribution >= 4 is 23.2 Å². The molecular weight excluding hydrogens is 362 g/mol. The summed E-state index contributed by atoms with van der Waals surface area (Å²) in [6.07, 6.45) is 1.02. The second-order valence-corrected chi connectivity index (χ2v) is 6.92. The number of halogens is 3. The maximum absolute atomic E-state index is 14.0. The average molecular weight is 383 g/mol. The molecule has 1 aliphatic rings. The quantitative estimate of drug-likeness (QED) is 0.840. The summed E-state index contributed by atoms with van der Waals surface area (Å²) in [5.74, 6) is 0.378. The predicted octanol–water partition coefficient (Wildman–Crippen LogP) is 4.53. The number of rotatable bonds is 4. The normalized spacial score (nSPS) is 17.1. The highest BCUT2D eigenvalue weighted by Gasteiger charge is 2.27. The van der Waals surface area contributed by atoms with Crippen molar-refractivity contribution in [3.63, 3.8) is 0 Å². The standard InChI is InChI=1S/C19H21Cl2FN2O/c1-25-18-6-4-14(22)12-15(18)19(24-9-2-7-23-8-10-24)13-3-5-16(20)17(21)11-13/h3-6,11-12,19,23H,2,7-10H2,1H3. The van der Waals surface area contributed by atoms with Crippen molar-refractivity contribution in [3.8, 4) is 5.75 Å². The monoisotopic (exact) mass is 382 g/mol. The van der Waals surface area contributed by atoms with Gasteiger partial charge in [0.05, 0.1) is 23.2 Å². The molecule has 1 unspecified atom stereocenters. The summed E-state index contributed by atoms with van der Waals surface area (Å²) in [4.78, 5) is 2.33. The molecule has 1 N–H and O–H groups in total. The van der Waals surface area contributed by atoms with Gasteiger partial charge in [0.2, 0.25) is 0 Å². The summed E-state index contributed by atoms with van der Waals surface area (Å²) >= 11 is 12.3. The fourth-order valence-electron chi connectivity index (χ4n) is 3.31. The van der Waals surface area contributed by atoms with Crippen LogP contribution in [-0.4, -0.2) is 38.2 Å². The molecule has 6 heteroatoms. The molecule has 3 rings (SSSR count). The Morgan fingerprint density at radius 3 is 2.68 bits per heavy atom. The summed E-state index contributed by atoms with van der Waals surface area (Å²) in [6.45, 7) is 3.61. The Morgan fingerprint density at radius 1 is 1.08 bits per heavy atom. The Morgan fingerprint density at radius 2 is 1.92 bits per heavy atom. The summed E-state index contributed by atoms with van der Waals surface area (Å²) in [6, 6.07) is 10.1. The molecular formula is C19H21Cl2FN2O. The van der Waals surface area contributed by atoms with Gasteiger partial charge >= 0.3 is 0 Å². The van der Waals surface area contributed by atoms with Crippen LogP contribution in [-0.2, 0) is 0 Å². The van der Waals surface area contributed by atoms with Crippen LogP contribution in [0.5, 0.6) is 5.75 Å². The molecule has 0 amide bonds. The Balaban J connectivity index is 2.11. The van der Waals surface area contributed by atoms with E-state index in [1.807, 2.05) is 12.1 Å². The first-order valence-electron chi connectivity index (χ1n) is 8.33. The highest BCUT2D eigenvalue weighted by molar-refractivity contribution is 6.42. The smallest absolute Gasteiger partial charge is 0.124 e. The van der Waals surface area contributed by atoms with Gasteiger partial charge in [-0.3, -0.25) is 4.90 Å². The molecule has 0 saturated carbocycles. The Kier molecular flexibility index (Phi) is 6.18. The minimum absolute atomic E-state index is 0.152. The first-order chi connectivity index (χ1) is 12.1. The van der Waals surface area contributed by atoms with Gasteiger partial charge in [0, 0.05) is 25.2 Å². The SMILES string of the molecule is COc1ccc(F)cc1C(c1ccc(Cl)c(Cl)c1)N1CCCNCC1. The lowest BCUT2D eigenvalue weighted by Crippen LogP contribution is -2.33. The number of hydrogen-bond acceptors (Lipinski definition) is 3. The van der Waals surface area contributed by atoms with E-state index in [1.54, 1.807) is 25.3 Å². The molecule has 2 aromatic carbocycles. The van der Waals surface area contributed by atoms with Crippen LogP contribution in [0.25, 0.3) is 0 Å². The van der Waals surface area contributed by atoms with E-state index in [1.165, 1.54) is 6.07 Å². The lowest BCUT2D eigenvalue weighted by Gasteiger charge is -2.32. The molecule has 3 nitrogen and oxygen atoms in total. The second kappa shape index (κ2) is 8.37. The number of nitrogens with one attached hydrogen (secondary N) is 1. The predicted molar refractivity (Wildman–Crippen MR) is 100 cm³/mol. The number of hydrogen-bond donors (Lipinski definition) is 1. The topological polar surface area (TPSA) is 24.5 Å². The van der Waals surface area contributed by atoms with Crippen molar-refractivity contribution in [2.45, 2.75) is 12.5 Å². The minimum Gasteiger partial charge on any atom is -0.496 e. The van der Waals surface area contributed by atoms with Crippen molar-refractivity contribution < 1.29 is 9.13 Å². The van der Waals surface area contributed by atoms with Gasteiger partial charge in [0.15, 0.2) is 0 Å². The lowest BCUT2D eigenvalue weighted by molar-refractivity contribution is 0.236. The molecule has 134 valence electrons. The fourth-order valence-corrected chi connectivity index (χ4v) is 3.62. The van der Waals surface area contributed by atoms with Crippen LogP contribution in [0.1, 0.15) is 23.6 Å².